The molecule has 2 rings (SSSR count). The predicted molar refractivity (Wildman–Crippen MR) is 96.1 cm³/mol. The van der Waals surface area contributed by atoms with E-state index in [9.17, 15) is 23.6 Å². The van der Waals surface area contributed by atoms with Gasteiger partial charge in [0.05, 0.1) is 22.5 Å². The summed E-state index contributed by atoms with van der Waals surface area (Å²) in [5, 5.41) is 28.6. The van der Waals surface area contributed by atoms with Gasteiger partial charge in [0.25, 0.3) is 5.69 Å². The van der Waals surface area contributed by atoms with Crippen LogP contribution in [-0.4, -0.2) is 36.8 Å². The number of nitrogens with zero attached hydrogens (tertiary/aromatic N) is 1. The number of nitrogens with one attached hydrogen (secondary N) is 1. The second kappa shape index (κ2) is 8.30. The van der Waals surface area contributed by atoms with Crippen LogP contribution < -0.4 is 10.5 Å². The first-order valence-electron chi connectivity index (χ1n) is 7.17. The second-order valence-electron chi connectivity index (χ2n) is 5.13. The van der Waals surface area contributed by atoms with Crippen molar-refractivity contribution in [3.8, 4) is 0 Å². The lowest BCUT2D eigenvalue weighted by atomic mass is 10.2. The fourth-order valence-corrected chi connectivity index (χ4v) is 3.50. The topological polar surface area (TPSA) is 136 Å². The van der Waals surface area contributed by atoms with Gasteiger partial charge in [-0.05, 0) is 24.3 Å². The molecule has 0 heterocycles. The van der Waals surface area contributed by atoms with E-state index >= 15 is 0 Å². The first-order valence-corrected chi connectivity index (χ1v) is 9.71. The van der Waals surface area contributed by atoms with Crippen molar-refractivity contribution in [2.75, 3.05) is 17.7 Å². The number of primary sulfonamides is 1. The Hall–Kier alpha value is -2.14. The summed E-state index contributed by atoms with van der Waals surface area (Å²) in [6.45, 7) is -0.242. The summed E-state index contributed by atoms with van der Waals surface area (Å²) in [6.07, 6.45) is 0. The average molecular weight is 383 g/mol. The first-order chi connectivity index (χ1) is 11.8. The first kappa shape index (κ1) is 19.2. The predicted octanol–water partition coefficient (Wildman–Crippen LogP) is 1.81. The highest BCUT2D eigenvalue weighted by Gasteiger charge is 2.21. The maximum absolute atomic E-state index is 11.3. The molecule has 0 fully saturated rings. The Morgan fingerprint density at radius 1 is 1.24 bits per heavy atom. The highest BCUT2D eigenvalue weighted by Crippen LogP contribution is 2.28. The van der Waals surface area contributed by atoms with Crippen molar-refractivity contribution in [2.24, 2.45) is 5.14 Å². The molecule has 0 aliphatic carbocycles. The Morgan fingerprint density at radius 2 is 1.92 bits per heavy atom. The Kier molecular flexibility index (Phi) is 6.37. The standard InChI is InChI=1S/C15H17N3O5S2/c16-25(22,23)13-6-7-14(15(8-13)18(20)21)17-11(9-19)10-24-12-4-2-1-3-5-12/h1-8,11,17,19H,9-10H2,(H2,16,22,23). The summed E-state index contributed by atoms with van der Waals surface area (Å²) >= 11 is 1.49. The summed E-state index contributed by atoms with van der Waals surface area (Å²) in [5.41, 5.74) is -0.306. The number of nitro benzene ring substituents is 1. The maximum atomic E-state index is 11.3. The van der Waals surface area contributed by atoms with Crippen LogP contribution in [0.3, 0.4) is 0 Å². The minimum Gasteiger partial charge on any atom is -0.394 e. The van der Waals surface area contributed by atoms with Gasteiger partial charge in [0, 0.05) is 16.7 Å². The van der Waals surface area contributed by atoms with Crippen molar-refractivity contribution >= 4 is 33.2 Å². The SMILES string of the molecule is NS(=O)(=O)c1ccc(NC(CO)CSc2ccccc2)c([N+](=O)[O-])c1. The maximum Gasteiger partial charge on any atom is 0.293 e. The summed E-state index contributed by atoms with van der Waals surface area (Å²) in [6, 6.07) is 12.4. The van der Waals surface area contributed by atoms with Crippen LogP contribution in [0.2, 0.25) is 0 Å². The van der Waals surface area contributed by atoms with E-state index in [1.54, 1.807) is 0 Å². The largest absolute Gasteiger partial charge is 0.394 e. The molecule has 0 bridgehead atoms. The molecule has 25 heavy (non-hydrogen) atoms. The van der Waals surface area contributed by atoms with E-state index in [1.807, 2.05) is 30.3 Å². The molecule has 0 spiro atoms. The summed E-state index contributed by atoms with van der Waals surface area (Å²) in [7, 11) is -4.04. The minimum absolute atomic E-state index is 0.116. The van der Waals surface area contributed by atoms with Crippen molar-refractivity contribution in [1.82, 2.24) is 0 Å². The summed E-state index contributed by atoms with van der Waals surface area (Å²) < 4.78 is 22.7. The molecule has 1 unspecified atom stereocenters. The van der Waals surface area contributed by atoms with Gasteiger partial charge in [-0.1, -0.05) is 18.2 Å². The molecule has 0 aliphatic rings. The fourth-order valence-electron chi connectivity index (χ4n) is 2.04. The molecule has 8 nitrogen and oxygen atoms in total. The smallest absolute Gasteiger partial charge is 0.293 e. The minimum atomic E-state index is -4.04. The number of rotatable bonds is 8. The number of thioether (sulfide) groups is 1. The zero-order valence-corrected chi connectivity index (χ0v) is 14.7. The van der Waals surface area contributed by atoms with E-state index in [0.717, 1.165) is 11.0 Å². The van der Waals surface area contributed by atoms with Crippen LogP contribution in [0, 0.1) is 10.1 Å². The van der Waals surface area contributed by atoms with Gasteiger partial charge in [0.2, 0.25) is 10.0 Å². The third kappa shape index (κ3) is 5.43. The van der Waals surface area contributed by atoms with E-state index < -0.39 is 26.7 Å². The average Bonchev–Trinajstić information content (AvgIpc) is 2.58. The van der Waals surface area contributed by atoms with Crippen LogP contribution in [0.25, 0.3) is 0 Å². The van der Waals surface area contributed by atoms with Crippen LogP contribution in [0.4, 0.5) is 11.4 Å². The third-order valence-electron chi connectivity index (χ3n) is 3.27. The van der Waals surface area contributed by atoms with Crippen LogP contribution in [0.5, 0.6) is 0 Å². The van der Waals surface area contributed by atoms with E-state index in [2.05, 4.69) is 5.32 Å². The van der Waals surface area contributed by atoms with Gasteiger partial charge >= 0.3 is 0 Å². The molecule has 0 radical (unpaired) electrons. The zero-order chi connectivity index (χ0) is 18.4. The Balaban J connectivity index is 2.17. The highest BCUT2D eigenvalue weighted by molar-refractivity contribution is 7.99. The fraction of sp³-hybridized carbons (Fsp3) is 0.200. The second-order valence-corrected chi connectivity index (χ2v) is 7.78. The lowest BCUT2D eigenvalue weighted by Gasteiger charge is -2.17. The van der Waals surface area contributed by atoms with Crippen molar-refractivity contribution < 1.29 is 18.4 Å². The lowest BCUT2D eigenvalue weighted by molar-refractivity contribution is -0.384. The lowest BCUT2D eigenvalue weighted by Crippen LogP contribution is -2.27. The monoisotopic (exact) mass is 383 g/mol. The molecule has 2 aromatic carbocycles. The molecule has 0 aromatic heterocycles. The molecule has 134 valence electrons. The van der Waals surface area contributed by atoms with E-state index in [1.165, 1.54) is 23.9 Å². The van der Waals surface area contributed by atoms with Gasteiger partial charge in [0.1, 0.15) is 5.69 Å². The molecule has 10 heteroatoms. The molecule has 0 saturated carbocycles. The Bertz CT molecular complexity index is 844. The van der Waals surface area contributed by atoms with E-state index in [-0.39, 0.29) is 17.2 Å². The molecule has 0 saturated heterocycles. The molecule has 2 aromatic rings. The number of aliphatic hydroxyl groups excluding tert-OH is 1. The van der Waals surface area contributed by atoms with Crippen molar-refractivity contribution in [1.29, 1.82) is 0 Å². The number of benzene rings is 2. The van der Waals surface area contributed by atoms with Gasteiger partial charge in [-0.15, -0.1) is 11.8 Å². The van der Waals surface area contributed by atoms with E-state index in [0.29, 0.717) is 5.75 Å². The number of nitrogens with two attached hydrogens (primary N) is 1. The van der Waals surface area contributed by atoms with Gasteiger partial charge in [0.15, 0.2) is 0 Å². The molecular formula is C15H17N3O5S2. The van der Waals surface area contributed by atoms with Crippen LogP contribution >= 0.6 is 11.8 Å². The number of nitro groups is 1. The van der Waals surface area contributed by atoms with Crippen LogP contribution in [-0.2, 0) is 10.0 Å². The molecule has 1 atom stereocenters. The van der Waals surface area contributed by atoms with Crippen molar-refractivity contribution in [2.45, 2.75) is 15.8 Å². The molecule has 0 amide bonds. The van der Waals surface area contributed by atoms with Crippen LogP contribution in [0.1, 0.15) is 0 Å². The number of hydrogen-bond acceptors (Lipinski definition) is 7. The molecule has 4 N–H and O–H groups in total. The highest BCUT2D eigenvalue weighted by atomic mass is 32.2. The quantitative estimate of drug-likeness (QED) is 0.359. The summed E-state index contributed by atoms with van der Waals surface area (Å²) in [5.74, 6) is 0.467. The molecular weight excluding hydrogens is 366 g/mol. The number of aliphatic hydroxyl groups is 1. The normalized spacial score (nSPS) is 12.6. The number of sulfonamides is 1. The van der Waals surface area contributed by atoms with Gasteiger partial charge in [-0.3, -0.25) is 10.1 Å². The van der Waals surface area contributed by atoms with E-state index in [4.69, 9.17) is 5.14 Å². The third-order valence-corrected chi connectivity index (χ3v) is 5.35. The number of hydrogen-bond donors (Lipinski definition) is 3. The van der Waals surface area contributed by atoms with Gasteiger partial charge < -0.3 is 10.4 Å². The van der Waals surface area contributed by atoms with Crippen LogP contribution in [0.15, 0.2) is 58.3 Å². The summed E-state index contributed by atoms with van der Waals surface area (Å²) in [4.78, 5) is 11.2. The van der Waals surface area contributed by atoms with Gasteiger partial charge in [-0.25, -0.2) is 13.6 Å². The van der Waals surface area contributed by atoms with Gasteiger partial charge in [-0.2, -0.15) is 0 Å². The molecule has 0 aliphatic heterocycles. The zero-order valence-electron chi connectivity index (χ0n) is 13.0. The number of anilines is 1. The Labute approximate surface area is 149 Å². The van der Waals surface area contributed by atoms with Crippen molar-refractivity contribution in [3.05, 3.63) is 58.6 Å². The Morgan fingerprint density at radius 3 is 2.48 bits per heavy atom. The van der Waals surface area contributed by atoms with Crippen molar-refractivity contribution in [3.63, 3.8) is 0 Å².